The van der Waals surface area contributed by atoms with Crippen LogP contribution < -0.4 is 0 Å². The largest absolute Gasteiger partial charge is 0.465 e. The predicted octanol–water partition coefficient (Wildman–Crippen LogP) is 1.95. The summed E-state index contributed by atoms with van der Waals surface area (Å²) >= 11 is 1.48. The molecule has 0 aliphatic rings. The number of furan rings is 1. The number of aromatic nitrogens is 4. The minimum atomic E-state index is 0.786. The molecule has 6 heteroatoms. The van der Waals surface area contributed by atoms with Gasteiger partial charge in [-0.25, -0.2) is 0 Å². The van der Waals surface area contributed by atoms with Crippen LogP contribution in [0.5, 0.6) is 0 Å². The lowest BCUT2D eigenvalue weighted by Crippen LogP contribution is -1.79. The molecule has 0 bridgehead atoms. The molecule has 0 atom stereocenters. The van der Waals surface area contributed by atoms with Gasteiger partial charge in [-0.3, -0.25) is 0 Å². The third-order valence-corrected chi connectivity index (χ3v) is 2.71. The summed E-state index contributed by atoms with van der Waals surface area (Å²) in [5, 5.41) is 12.8. The Bertz CT molecular complexity index is 564. The smallest absolute Gasteiger partial charge is 0.234 e. The molecule has 0 unspecified atom stereocenters. The number of hydrogen-bond acceptors (Lipinski definition) is 5. The van der Waals surface area contributed by atoms with Gasteiger partial charge in [-0.2, -0.15) is 9.61 Å². The first-order valence-electron chi connectivity index (χ1n) is 4.30. The fourth-order valence-electron chi connectivity index (χ4n) is 1.18. The molecule has 0 aliphatic carbocycles. The van der Waals surface area contributed by atoms with Crippen LogP contribution in [0.1, 0.15) is 10.8 Å². The Morgan fingerprint density at radius 2 is 2.40 bits per heavy atom. The van der Waals surface area contributed by atoms with Crippen molar-refractivity contribution in [2.45, 2.75) is 0 Å². The molecule has 0 aliphatic heterocycles. The molecule has 5 nitrogen and oxygen atoms in total. The van der Waals surface area contributed by atoms with Crippen LogP contribution >= 0.6 is 11.3 Å². The van der Waals surface area contributed by atoms with E-state index in [1.165, 1.54) is 11.3 Å². The highest BCUT2D eigenvalue weighted by Gasteiger charge is 2.01. The zero-order valence-electron chi connectivity index (χ0n) is 7.57. The molecule has 0 fully saturated rings. The van der Waals surface area contributed by atoms with E-state index in [0.29, 0.717) is 0 Å². The van der Waals surface area contributed by atoms with Crippen molar-refractivity contribution in [3.05, 3.63) is 35.5 Å². The Labute approximate surface area is 88.7 Å². The maximum Gasteiger partial charge on any atom is 0.234 e. The normalized spacial score (nSPS) is 11.7. The van der Waals surface area contributed by atoms with E-state index in [0.717, 1.165) is 15.7 Å². The fraction of sp³-hybridized carbons (Fsp3) is 0. The van der Waals surface area contributed by atoms with Crippen molar-refractivity contribution in [2.75, 3.05) is 0 Å². The van der Waals surface area contributed by atoms with Crippen molar-refractivity contribution >= 4 is 28.4 Å². The van der Waals surface area contributed by atoms with E-state index in [-0.39, 0.29) is 0 Å². The highest BCUT2D eigenvalue weighted by atomic mass is 32.1. The minimum absolute atomic E-state index is 0.786. The van der Waals surface area contributed by atoms with E-state index in [9.17, 15) is 0 Å². The van der Waals surface area contributed by atoms with Gasteiger partial charge in [0, 0.05) is 0 Å². The molecule has 0 radical (unpaired) electrons. The van der Waals surface area contributed by atoms with Crippen molar-refractivity contribution in [1.29, 1.82) is 0 Å². The van der Waals surface area contributed by atoms with E-state index in [4.69, 9.17) is 4.42 Å². The second kappa shape index (κ2) is 3.32. The Kier molecular flexibility index (Phi) is 1.85. The maximum atomic E-state index is 5.17. The molecule has 3 aromatic rings. The molecular weight excluding hydrogens is 212 g/mol. The molecule has 0 aromatic carbocycles. The third kappa shape index (κ3) is 1.55. The Hall–Kier alpha value is -1.95. The number of hydrogen-bond donors (Lipinski definition) is 0. The summed E-state index contributed by atoms with van der Waals surface area (Å²) in [4.78, 5) is 0.786. The average Bonchev–Trinajstić information content (AvgIpc) is 2.91. The summed E-state index contributed by atoms with van der Waals surface area (Å²) in [6.07, 6.45) is 6.97. The van der Waals surface area contributed by atoms with Crippen molar-refractivity contribution in [1.82, 2.24) is 19.8 Å². The minimum Gasteiger partial charge on any atom is -0.465 e. The zero-order chi connectivity index (χ0) is 10.1. The Morgan fingerprint density at radius 1 is 1.40 bits per heavy atom. The average molecular weight is 218 g/mol. The molecule has 74 valence electrons. The predicted molar refractivity (Wildman–Crippen MR) is 56.3 cm³/mol. The first-order valence-corrected chi connectivity index (χ1v) is 5.12. The van der Waals surface area contributed by atoms with Crippen LogP contribution in [-0.4, -0.2) is 19.8 Å². The highest BCUT2D eigenvalue weighted by molar-refractivity contribution is 7.17. The van der Waals surface area contributed by atoms with E-state index in [1.807, 2.05) is 24.3 Å². The van der Waals surface area contributed by atoms with E-state index in [1.54, 1.807) is 17.1 Å². The summed E-state index contributed by atoms with van der Waals surface area (Å²) in [5.74, 6) is 0.806. The first-order chi connectivity index (χ1) is 7.42. The lowest BCUT2D eigenvalue weighted by Gasteiger charge is -1.81. The number of nitrogens with zero attached hydrogens (tertiary/aromatic N) is 4. The van der Waals surface area contributed by atoms with E-state index < -0.39 is 0 Å². The summed E-state index contributed by atoms with van der Waals surface area (Å²) in [6, 6.07) is 3.73. The molecule has 0 amide bonds. The number of rotatable bonds is 2. The molecule has 0 saturated carbocycles. The topological polar surface area (TPSA) is 56.2 Å². The summed E-state index contributed by atoms with van der Waals surface area (Å²) < 4.78 is 6.81. The highest BCUT2D eigenvalue weighted by Crippen LogP contribution is 2.14. The second-order valence-corrected chi connectivity index (χ2v) is 3.83. The lowest BCUT2D eigenvalue weighted by atomic mass is 10.4. The van der Waals surface area contributed by atoms with Gasteiger partial charge in [0.2, 0.25) is 4.96 Å². The van der Waals surface area contributed by atoms with Gasteiger partial charge in [0.1, 0.15) is 17.1 Å². The van der Waals surface area contributed by atoms with Crippen LogP contribution in [0.25, 0.3) is 17.1 Å². The molecule has 0 saturated heterocycles. The van der Waals surface area contributed by atoms with Gasteiger partial charge in [0.15, 0.2) is 0 Å². The Morgan fingerprint density at radius 3 is 3.20 bits per heavy atom. The van der Waals surface area contributed by atoms with Gasteiger partial charge < -0.3 is 4.42 Å². The van der Waals surface area contributed by atoms with Crippen LogP contribution in [-0.2, 0) is 0 Å². The van der Waals surface area contributed by atoms with Crippen molar-refractivity contribution in [2.24, 2.45) is 0 Å². The molecule has 15 heavy (non-hydrogen) atoms. The second-order valence-electron chi connectivity index (χ2n) is 2.85. The van der Waals surface area contributed by atoms with Crippen LogP contribution in [0.3, 0.4) is 0 Å². The van der Waals surface area contributed by atoms with Crippen molar-refractivity contribution in [3.8, 4) is 0 Å². The van der Waals surface area contributed by atoms with Crippen LogP contribution in [0.15, 0.2) is 29.1 Å². The summed E-state index contributed by atoms with van der Waals surface area (Å²) in [5.41, 5.74) is 0. The summed E-state index contributed by atoms with van der Waals surface area (Å²) in [6.45, 7) is 0. The van der Waals surface area contributed by atoms with Gasteiger partial charge in [-0.05, 0) is 24.3 Å². The number of fused-ring (bicyclic) bond motifs is 1. The van der Waals surface area contributed by atoms with Gasteiger partial charge in [0.25, 0.3) is 0 Å². The SMILES string of the molecule is C(=C\c1nn2cnnc2s1)/c1ccco1. The molecule has 0 N–H and O–H groups in total. The van der Waals surface area contributed by atoms with Crippen LogP contribution in [0.2, 0.25) is 0 Å². The van der Waals surface area contributed by atoms with Gasteiger partial charge >= 0.3 is 0 Å². The first kappa shape index (κ1) is 8.37. The summed E-state index contributed by atoms with van der Waals surface area (Å²) in [7, 11) is 0. The molecule has 3 rings (SSSR count). The zero-order valence-corrected chi connectivity index (χ0v) is 8.39. The van der Waals surface area contributed by atoms with Gasteiger partial charge in [0.05, 0.1) is 6.26 Å². The van der Waals surface area contributed by atoms with Crippen LogP contribution in [0, 0.1) is 0 Å². The van der Waals surface area contributed by atoms with E-state index >= 15 is 0 Å². The van der Waals surface area contributed by atoms with Crippen LogP contribution in [0.4, 0.5) is 0 Å². The van der Waals surface area contributed by atoms with Gasteiger partial charge in [-0.15, -0.1) is 10.2 Å². The lowest BCUT2D eigenvalue weighted by molar-refractivity contribution is 0.557. The van der Waals surface area contributed by atoms with Crippen molar-refractivity contribution < 1.29 is 4.42 Å². The molecule has 0 spiro atoms. The molecule has 3 aromatic heterocycles. The van der Waals surface area contributed by atoms with Gasteiger partial charge in [-0.1, -0.05) is 11.3 Å². The van der Waals surface area contributed by atoms with E-state index in [2.05, 4.69) is 15.3 Å². The quantitative estimate of drug-likeness (QED) is 0.659. The molecule has 3 heterocycles. The maximum absolute atomic E-state index is 5.17. The molecular formula is C9H6N4OS. The fourth-order valence-corrected chi connectivity index (χ4v) is 1.90. The monoisotopic (exact) mass is 218 g/mol. The third-order valence-electron chi connectivity index (χ3n) is 1.84. The van der Waals surface area contributed by atoms with Crippen molar-refractivity contribution in [3.63, 3.8) is 0 Å². The Balaban J connectivity index is 1.92. The standard InChI is InChI=1S/C9H6N4OS/c1-2-7(14-5-1)3-4-8-12-13-6-10-11-9(13)15-8/h1-6H/b4-3+.